The van der Waals surface area contributed by atoms with Gasteiger partial charge in [-0.2, -0.15) is 0 Å². The molecule has 1 aromatic rings. The van der Waals surface area contributed by atoms with E-state index in [-0.39, 0.29) is 15.3 Å². The van der Waals surface area contributed by atoms with Crippen molar-refractivity contribution in [2.75, 3.05) is 12.0 Å². The van der Waals surface area contributed by atoms with Gasteiger partial charge in [0.2, 0.25) is 15.8 Å². The molecule has 1 rings (SSSR count). The van der Waals surface area contributed by atoms with E-state index < -0.39 is 38.6 Å². The van der Waals surface area contributed by atoms with Gasteiger partial charge in [-0.15, -0.1) is 0 Å². The van der Waals surface area contributed by atoms with Gasteiger partial charge < -0.3 is 9.52 Å². The van der Waals surface area contributed by atoms with Gasteiger partial charge in [-0.1, -0.05) is 0 Å². The van der Waals surface area contributed by atoms with Crippen LogP contribution in [0, 0.1) is 0 Å². The van der Waals surface area contributed by atoms with Crippen LogP contribution in [0.25, 0.3) is 0 Å². The number of carbonyl (C=O) groups is 1. The molecular weight excluding hydrogens is 362 g/mol. The third kappa shape index (κ3) is 4.41. The number of carboxylic acid groups (broad SMARTS) is 1. The highest BCUT2D eigenvalue weighted by Crippen LogP contribution is 2.26. The molecule has 0 aliphatic carbocycles. The lowest BCUT2D eigenvalue weighted by Crippen LogP contribution is -2.36. The number of aromatic carboxylic acids is 1. The average Bonchev–Trinajstić information content (AvgIpc) is 2.58. The van der Waals surface area contributed by atoms with Gasteiger partial charge in [-0.05, 0) is 22.9 Å². The van der Waals surface area contributed by atoms with E-state index >= 15 is 0 Å². The van der Waals surface area contributed by atoms with E-state index in [0.717, 1.165) is 6.07 Å². The Balaban J connectivity index is 3.00. The number of rotatable bonds is 6. The lowest BCUT2D eigenvalue weighted by atomic mass is 10.4. The third-order valence-electron chi connectivity index (χ3n) is 2.00. The highest BCUT2D eigenvalue weighted by Gasteiger charge is 2.26. The monoisotopic (exact) mass is 373 g/mol. The third-order valence-corrected chi connectivity index (χ3v) is 5.41. The lowest BCUT2D eigenvalue weighted by Gasteiger charge is -2.11. The summed E-state index contributed by atoms with van der Waals surface area (Å²) < 4.78 is 41.8. The van der Waals surface area contributed by atoms with Crippen LogP contribution in [-0.2, 0) is 20.8 Å². The van der Waals surface area contributed by atoms with Crippen molar-refractivity contribution in [3.8, 4) is 0 Å². The molecule has 0 amide bonds. The van der Waals surface area contributed by atoms with Gasteiger partial charge in [0.15, 0.2) is 4.67 Å². The fourth-order valence-corrected chi connectivity index (χ4v) is 4.43. The summed E-state index contributed by atoms with van der Waals surface area (Å²) in [6.45, 7) is 1.56. The second-order valence-electron chi connectivity index (χ2n) is 3.82. The van der Waals surface area contributed by atoms with Gasteiger partial charge in [-0.3, -0.25) is 4.21 Å². The number of furan rings is 1. The van der Waals surface area contributed by atoms with E-state index in [4.69, 9.17) is 9.52 Å². The molecule has 0 fully saturated rings. The zero-order chi connectivity index (χ0) is 14.8. The van der Waals surface area contributed by atoms with E-state index in [0.29, 0.717) is 0 Å². The summed E-state index contributed by atoms with van der Waals surface area (Å²) in [5.74, 6) is -1.70. The summed E-state index contributed by atoms with van der Waals surface area (Å²) in [5, 5.41) is 8.72. The average molecular weight is 374 g/mol. The molecule has 0 bridgehead atoms. The Morgan fingerprint density at radius 3 is 2.63 bits per heavy atom. The van der Waals surface area contributed by atoms with Crippen LogP contribution in [-0.4, -0.2) is 41.8 Å². The maximum Gasteiger partial charge on any atom is 0.371 e. The lowest BCUT2D eigenvalue weighted by molar-refractivity contribution is 0.0661. The van der Waals surface area contributed by atoms with E-state index in [1.807, 2.05) is 0 Å². The molecule has 0 radical (unpaired) electrons. The fourth-order valence-electron chi connectivity index (χ4n) is 1.36. The van der Waals surface area contributed by atoms with Crippen molar-refractivity contribution in [2.24, 2.45) is 0 Å². The Labute approximate surface area is 121 Å². The van der Waals surface area contributed by atoms with Crippen LogP contribution in [0.1, 0.15) is 17.5 Å². The Morgan fingerprint density at radius 2 is 2.21 bits per heavy atom. The number of halogens is 1. The van der Waals surface area contributed by atoms with E-state index in [1.54, 1.807) is 6.92 Å². The van der Waals surface area contributed by atoms with Gasteiger partial charge in [0.05, 0.1) is 0 Å². The van der Waals surface area contributed by atoms with Gasteiger partial charge in [0.25, 0.3) is 0 Å². The Kier molecular flexibility index (Phi) is 5.30. The van der Waals surface area contributed by atoms with Gasteiger partial charge in [-0.25, -0.2) is 17.9 Å². The maximum absolute atomic E-state index is 12.0. The molecule has 2 unspecified atom stereocenters. The number of hydrogen-bond acceptors (Lipinski definition) is 5. The van der Waals surface area contributed by atoms with Crippen LogP contribution in [0.5, 0.6) is 0 Å². The van der Waals surface area contributed by atoms with Crippen LogP contribution in [0.3, 0.4) is 0 Å². The molecule has 1 heterocycles. The molecule has 2 atom stereocenters. The number of hydrogen-bond donors (Lipinski definition) is 2. The highest BCUT2D eigenvalue weighted by molar-refractivity contribution is 9.10. The quantitative estimate of drug-likeness (QED) is 0.761. The molecular formula is C9H12BrNO6S2. The summed E-state index contributed by atoms with van der Waals surface area (Å²) in [4.78, 5) is 10.4. The van der Waals surface area contributed by atoms with Crippen molar-refractivity contribution in [3.05, 3.63) is 16.5 Å². The zero-order valence-electron chi connectivity index (χ0n) is 10.0. The SMILES string of the molecule is CC(CS(C)=O)NS(=O)(=O)c1cc(C(=O)O)oc1Br. The minimum Gasteiger partial charge on any atom is -0.475 e. The summed E-state index contributed by atoms with van der Waals surface area (Å²) in [7, 11) is -5.09. The van der Waals surface area contributed by atoms with E-state index in [9.17, 15) is 17.4 Å². The van der Waals surface area contributed by atoms with Crippen LogP contribution in [0.4, 0.5) is 0 Å². The second kappa shape index (κ2) is 6.16. The van der Waals surface area contributed by atoms with Crippen molar-refractivity contribution >= 4 is 42.7 Å². The molecule has 7 nitrogen and oxygen atoms in total. The van der Waals surface area contributed by atoms with E-state index in [2.05, 4.69) is 20.7 Å². The fraction of sp³-hybridized carbons (Fsp3) is 0.444. The molecule has 0 saturated heterocycles. The molecule has 0 aromatic carbocycles. The first-order valence-corrected chi connectivity index (χ1v) is 8.99. The van der Waals surface area contributed by atoms with Crippen LogP contribution >= 0.6 is 15.9 Å². The summed E-state index contributed by atoms with van der Waals surface area (Å²) >= 11 is 2.85. The van der Waals surface area contributed by atoms with Gasteiger partial charge in [0, 0.05) is 34.9 Å². The standard InChI is InChI=1S/C9H12BrNO6S2/c1-5(4-18(2)14)11-19(15,16)7-3-6(9(12)13)17-8(7)10/h3,5,11H,4H2,1-2H3,(H,12,13). The van der Waals surface area contributed by atoms with Gasteiger partial charge >= 0.3 is 5.97 Å². The minimum atomic E-state index is -3.94. The largest absolute Gasteiger partial charge is 0.475 e. The van der Waals surface area contributed by atoms with Crippen molar-refractivity contribution in [2.45, 2.75) is 17.9 Å². The number of sulfonamides is 1. The van der Waals surface area contributed by atoms with E-state index in [1.165, 1.54) is 6.26 Å². The molecule has 0 aliphatic heterocycles. The predicted octanol–water partition coefficient (Wildman–Crippen LogP) is 0.786. The van der Waals surface area contributed by atoms with Crippen molar-refractivity contribution < 1.29 is 26.9 Å². The van der Waals surface area contributed by atoms with Crippen molar-refractivity contribution in [1.29, 1.82) is 0 Å². The van der Waals surface area contributed by atoms with Crippen LogP contribution in [0.2, 0.25) is 0 Å². The molecule has 0 spiro atoms. The first-order chi connectivity index (χ1) is 8.63. The summed E-state index contributed by atoms with van der Waals surface area (Å²) in [6.07, 6.45) is 1.46. The van der Waals surface area contributed by atoms with Crippen LogP contribution in [0.15, 0.2) is 20.0 Å². The van der Waals surface area contributed by atoms with Gasteiger partial charge in [0.1, 0.15) is 4.90 Å². The first-order valence-electron chi connectivity index (χ1n) is 4.98. The summed E-state index contributed by atoms with van der Waals surface area (Å²) in [5.41, 5.74) is 0. The highest BCUT2D eigenvalue weighted by atomic mass is 79.9. The summed E-state index contributed by atoms with van der Waals surface area (Å²) in [6, 6.07) is 0.357. The molecule has 2 N–H and O–H groups in total. The molecule has 108 valence electrons. The molecule has 19 heavy (non-hydrogen) atoms. The Morgan fingerprint density at radius 1 is 1.63 bits per heavy atom. The smallest absolute Gasteiger partial charge is 0.371 e. The van der Waals surface area contributed by atoms with Crippen LogP contribution < -0.4 is 4.72 Å². The predicted molar refractivity (Wildman–Crippen MR) is 72.1 cm³/mol. The zero-order valence-corrected chi connectivity index (χ0v) is 13.3. The molecule has 0 aliphatic rings. The minimum absolute atomic E-state index is 0.153. The molecule has 0 saturated carbocycles. The first kappa shape index (κ1) is 16.3. The second-order valence-corrected chi connectivity index (χ2v) is 7.70. The topological polar surface area (TPSA) is 114 Å². The van der Waals surface area contributed by atoms with Crippen molar-refractivity contribution in [1.82, 2.24) is 4.72 Å². The normalized spacial score (nSPS) is 15.1. The van der Waals surface area contributed by atoms with Crippen molar-refractivity contribution in [3.63, 3.8) is 0 Å². The Hall–Kier alpha value is -0.710. The molecule has 10 heteroatoms. The Bertz CT molecular complexity index is 608. The number of nitrogens with one attached hydrogen (secondary N) is 1. The number of carboxylic acids is 1. The maximum atomic E-state index is 12.0. The molecule has 1 aromatic heterocycles.